The van der Waals surface area contributed by atoms with Crippen LogP contribution in [0.2, 0.25) is 0 Å². The first-order chi connectivity index (χ1) is 20.0. The Bertz CT molecular complexity index is 1640. The predicted octanol–water partition coefficient (Wildman–Crippen LogP) is 7.85. The third-order valence-electron chi connectivity index (χ3n) is 8.12. The lowest BCUT2D eigenvalue weighted by Crippen LogP contribution is -2.32. The van der Waals surface area contributed by atoms with Gasteiger partial charge in [-0.05, 0) is 103 Å². The molecule has 1 aromatic heterocycles. The van der Waals surface area contributed by atoms with Crippen LogP contribution in [0.1, 0.15) is 45.8 Å². The zero-order valence-corrected chi connectivity index (χ0v) is 23.6. The molecule has 206 valence electrons. The lowest BCUT2D eigenvalue weighted by atomic mass is 9.89. The van der Waals surface area contributed by atoms with Crippen LogP contribution in [0.25, 0.3) is 22.0 Å². The van der Waals surface area contributed by atoms with Crippen LogP contribution >= 0.6 is 0 Å². The molecule has 1 saturated heterocycles. The minimum Gasteiger partial charge on any atom is -0.497 e. The van der Waals surface area contributed by atoms with Crippen molar-refractivity contribution in [2.75, 3.05) is 25.5 Å². The van der Waals surface area contributed by atoms with Gasteiger partial charge in [0.05, 0.1) is 18.4 Å². The average Bonchev–Trinajstić information content (AvgIpc) is 3.02. The summed E-state index contributed by atoms with van der Waals surface area (Å²) in [5, 5.41) is 5.31. The molecule has 4 aromatic carbocycles. The molecule has 1 N–H and O–H groups in total. The maximum Gasteiger partial charge on any atom is 0.257 e. The second kappa shape index (κ2) is 11.9. The van der Waals surface area contributed by atoms with E-state index in [-0.39, 0.29) is 5.91 Å². The number of benzene rings is 4. The first kappa shape index (κ1) is 26.7. The summed E-state index contributed by atoms with van der Waals surface area (Å²) in [6.45, 7) is 5.21. The summed E-state index contributed by atoms with van der Waals surface area (Å²) in [7, 11) is 1.71. The maximum absolute atomic E-state index is 12.9. The van der Waals surface area contributed by atoms with E-state index in [0.29, 0.717) is 11.5 Å². The molecule has 1 aliphatic heterocycles. The molecule has 0 spiro atoms. The molecule has 5 aromatic rings. The number of rotatable bonds is 7. The van der Waals surface area contributed by atoms with Crippen LogP contribution in [0, 0.1) is 6.92 Å². The minimum atomic E-state index is -0.165. The number of likely N-dealkylation sites (tertiary alicyclic amines) is 1. The first-order valence-electron chi connectivity index (χ1n) is 14.3. The summed E-state index contributed by atoms with van der Waals surface area (Å²) in [5.74, 6) is 1.37. The van der Waals surface area contributed by atoms with Gasteiger partial charge in [0, 0.05) is 24.0 Å². The Labute approximate surface area is 241 Å². The number of aromatic nitrogens is 1. The van der Waals surface area contributed by atoms with Gasteiger partial charge in [-0.15, -0.1) is 0 Å². The van der Waals surface area contributed by atoms with E-state index in [1.165, 1.54) is 34.9 Å². The molecule has 6 rings (SSSR count). The van der Waals surface area contributed by atoms with E-state index >= 15 is 0 Å². The van der Waals surface area contributed by atoms with Crippen molar-refractivity contribution in [2.45, 2.75) is 32.2 Å². The summed E-state index contributed by atoms with van der Waals surface area (Å²) in [4.78, 5) is 20.0. The number of nitrogens with one attached hydrogen (secondary N) is 1. The van der Waals surface area contributed by atoms with Gasteiger partial charge in [0.2, 0.25) is 0 Å². The highest BCUT2D eigenvalue weighted by molar-refractivity contribution is 6.05. The lowest BCUT2D eigenvalue weighted by Gasteiger charge is -2.32. The molecule has 1 aliphatic rings. The predicted molar refractivity (Wildman–Crippen MR) is 167 cm³/mol. The molecule has 1 amide bonds. The smallest absolute Gasteiger partial charge is 0.257 e. The highest BCUT2D eigenvalue weighted by atomic mass is 16.5. The number of fused-ring (bicyclic) bond motifs is 1. The summed E-state index contributed by atoms with van der Waals surface area (Å²) in [6.07, 6.45) is 3.98. The van der Waals surface area contributed by atoms with E-state index in [2.05, 4.69) is 82.8 Å². The average molecular weight is 542 g/mol. The van der Waals surface area contributed by atoms with Gasteiger partial charge in [0.25, 0.3) is 5.91 Å². The van der Waals surface area contributed by atoms with Crippen molar-refractivity contribution in [3.63, 3.8) is 0 Å². The molecule has 0 saturated carbocycles. The first-order valence-corrected chi connectivity index (χ1v) is 14.3. The lowest BCUT2D eigenvalue weighted by molar-refractivity contribution is 0.102. The Kier molecular flexibility index (Phi) is 7.79. The molecule has 0 radical (unpaired) electrons. The number of hydrogen-bond donors (Lipinski definition) is 1. The molecule has 2 heterocycles. The van der Waals surface area contributed by atoms with Crippen molar-refractivity contribution < 1.29 is 9.53 Å². The van der Waals surface area contributed by atoms with E-state index in [1.807, 2.05) is 36.4 Å². The van der Waals surface area contributed by atoms with Crippen molar-refractivity contribution in [3.8, 4) is 17.0 Å². The standard InChI is InChI=1S/C36H35N3O2/c1-25-3-6-29(7-4-25)35-16-12-32(23-37-35)36(40)38-33-13-9-30-21-26(5-8-31(30)22-33)24-39-19-17-28(18-20-39)27-10-14-34(41-2)15-11-27/h3-16,21-23,28H,17-20,24H2,1-2H3,(H,38,40). The number of ether oxygens (including phenoxy) is 1. The van der Waals surface area contributed by atoms with Gasteiger partial charge in [-0.1, -0.05) is 60.2 Å². The molecular formula is C36H35N3O2. The number of aryl methyl sites for hydroxylation is 1. The SMILES string of the molecule is COc1ccc(C2CCN(Cc3ccc4cc(NC(=O)c5ccc(-c6ccc(C)cc6)nc5)ccc4c3)CC2)cc1. The van der Waals surface area contributed by atoms with Crippen LogP contribution in [0.15, 0.2) is 103 Å². The second-order valence-corrected chi connectivity index (χ2v) is 11.0. The summed E-state index contributed by atoms with van der Waals surface area (Å²) in [5.41, 5.74) is 7.13. The molecule has 5 heteroatoms. The zero-order chi connectivity index (χ0) is 28.2. The summed E-state index contributed by atoms with van der Waals surface area (Å²) in [6, 6.07) is 33.2. The quantitative estimate of drug-likeness (QED) is 0.228. The molecule has 0 bridgehead atoms. The van der Waals surface area contributed by atoms with Crippen LogP contribution < -0.4 is 10.1 Å². The molecule has 1 fully saturated rings. The molecule has 0 atom stereocenters. The topological polar surface area (TPSA) is 54.5 Å². The second-order valence-electron chi connectivity index (χ2n) is 11.0. The van der Waals surface area contributed by atoms with Gasteiger partial charge >= 0.3 is 0 Å². The highest BCUT2D eigenvalue weighted by Gasteiger charge is 2.21. The Morgan fingerprint density at radius 2 is 1.61 bits per heavy atom. The number of nitrogens with zero attached hydrogens (tertiary/aromatic N) is 2. The van der Waals surface area contributed by atoms with Crippen molar-refractivity contribution in [1.29, 1.82) is 0 Å². The third-order valence-corrected chi connectivity index (χ3v) is 8.12. The third kappa shape index (κ3) is 6.31. The van der Waals surface area contributed by atoms with E-state index in [4.69, 9.17) is 4.74 Å². The maximum atomic E-state index is 12.9. The molecular weight excluding hydrogens is 506 g/mol. The van der Waals surface area contributed by atoms with Crippen molar-refractivity contribution in [1.82, 2.24) is 9.88 Å². The Morgan fingerprint density at radius 1 is 0.878 bits per heavy atom. The Balaban J connectivity index is 1.05. The van der Waals surface area contributed by atoms with E-state index in [0.717, 1.165) is 47.7 Å². The summed E-state index contributed by atoms with van der Waals surface area (Å²) < 4.78 is 5.30. The van der Waals surface area contributed by atoms with E-state index in [9.17, 15) is 4.79 Å². The fourth-order valence-corrected chi connectivity index (χ4v) is 5.66. The number of methoxy groups -OCH3 is 1. The fourth-order valence-electron chi connectivity index (χ4n) is 5.66. The van der Waals surface area contributed by atoms with Crippen molar-refractivity contribution >= 4 is 22.4 Å². The Hall–Kier alpha value is -4.48. The molecule has 0 unspecified atom stereocenters. The van der Waals surface area contributed by atoms with Crippen LogP contribution in [-0.4, -0.2) is 36.0 Å². The van der Waals surface area contributed by atoms with Crippen LogP contribution in [0.3, 0.4) is 0 Å². The van der Waals surface area contributed by atoms with Gasteiger partial charge in [0.1, 0.15) is 5.75 Å². The number of carbonyl (C=O) groups excluding carboxylic acids is 1. The molecule has 41 heavy (non-hydrogen) atoms. The van der Waals surface area contributed by atoms with Crippen LogP contribution in [0.5, 0.6) is 5.75 Å². The number of hydrogen-bond acceptors (Lipinski definition) is 4. The molecule has 0 aliphatic carbocycles. The number of pyridine rings is 1. The normalized spacial score (nSPS) is 14.2. The van der Waals surface area contributed by atoms with Gasteiger partial charge in [-0.25, -0.2) is 0 Å². The fraction of sp³-hybridized carbons (Fsp3) is 0.222. The largest absolute Gasteiger partial charge is 0.497 e. The number of carbonyl (C=O) groups is 1. The van der Waals surface area contributed by atoms with E-state index in [1.54, 1.807) is 13.3 Å². The minimum absolute atomic E-state index is 0.165. The zero-order valence-electron chi connectivity index (χ0n) is 23.6. The van der Waals surface area contributed by atoms with Crippen LogP contribution in [-0.2, 0) is 6.54 Å². The highest BCUT2D eigenvalue weighted by Crippen LogP contribution is 2.30. The molecule has 5 nitrogen and oxygen atoms in total. The van der Waals surface area contributed by atoms with Gasteiger partial charge in [0.15, 0.2) is 0 Å². The van der Waals surface area contributed by atoms with Gasteiger partial charge < -0.3 is 10.1 Å². The summed E-state index contributed by atoms with van der Waals surface area (Å²) >= 11 is 0. The van der Waals surface area contributed by atoms with Gasteiger partial charge in [-0.2, -0.15) is 0 Å². The number of anilines is 1. The number of piperidine rings is 1. The van der Waals surface area contributed by atoms with Gasteiger partial charge in [-0.3, -0.25) is 14.7 Å². The Morgan fingerprint density at radius 3 is 2.32 bits per heavy atom. The van der Waals surface area contributed by atoms with Crippen molar-refractivity contribution in [3.05, 3.63) is 126 Å². The monoisotopic (exact) mass is 541 g/mol. The van der Waals surface area contributed by atoms with Crippen LogP contribution in [0.4, 0.5) is 5.69 Å². The van der Waals surface area contributed by atoms with E-state index < -0.39 is 0 Å². The number of amides is 1. The van der Waals surface area contributed by atoms with Crippen molar-refractivity contribution in [2.24, 2.45) is 0 Å².